The number of fused-ring (bicyclic) bond motifs is 4. The molecule has 0 radical (unpaired) electrons. The number of ether oxygens (including phenoxy) is 1. The zero-order chi connectivity index (χ0) is 15.2. The van der Waals surface area contributed by atoms with Crippen molar-refractivity contribution in [2.45, 2.75) is 64.4 Å². The molecule has 3 rings (SSSR count). The number of aromatic hydroxyl groups is 1. The molecule has 3 unspecified atom stereocenters. The number of phenolic OH excluding ortho intramolecular Hbond substituents is 1. The van der Waals surface area contributed by atoms with Gasteiger partial charge in [-0.25, -0.2) is 0 Å². The summed E-state index contributed by atoms with van der Waals surface area (Å²) >= 11 is 0. The smallest absolute Gasteiger partial charge is 0.127 e. The maximum Gasteiger partial charge on any atom is 0.127 e. The molecular formula is C19H26O2. The zero-order valence-corrected chi connectivity index (χ0v) is 13.4. The summed E-state index contributed by atoms with van der Waals surface area (Å²) in [5, 5.41) is 10.5. The van der Waals surface area contributed by atoms with Crippen LogP contribution >= 0.6 is 0 Å². The van der Waals surface area contributed by atoms with E-state index >= 15 is 0 Å². The predicted octanol–water partition coefficient (Wildman–Crippen LogP) is 4.96. The van der Waals surface area contributed by atoms with Crippen LogP contribution in [-0.4, -0.2) is 10.7 Å². The van der Waals surface area contributed by atoms with Gasteiger partial charge in [-0.3, -0.25) is 0 Å². The summed E-state index contributed by atoms with van der Waals surface area (Å²) in [4.78, 5) is 0. The van der Waals surface area contributed by atoms with Gasteiger partial charge in [0, 0.05) is 11.5 Å². The quantitative estimate of drug-likeness (QED) is 0.796. The summed E-state index contributed by atoms with van der Waals surface area (Å²) < 4.78 is 6.30. The molecule has 1 saturated carbocycles. The molecule has 0 saturated heterocycles. The van der Waals surface area contributed by atoms with Crippen LogP contribution in [0.4, 0.5) is 0 Å². The third-order valence-corrected chi connectivity index (χ3v) is 5.20. The van der Waals surface area contributed by atoms with Gasteiger partial charge in [0.2, 0.25) is 0 Å². The molecule has 21 heavy (non-hydrogen) atoms. The third kappa shape index (κ3) is 2.45. The Morgan fingerprint density at radius 1 is 1.48 bits per heavy atom. The molecule has 1 aliphatic carbocycles. The summed E-state index contributed by atoms with van der Waals surface area (Å²) in [5.74, 6) is 2.13. The Kier molecular flexibility index (Phi) is 3.51. The first kappa shape index (κ1) is 14.5. The van der Waals surface area contributed by atoms with Crippen LogP contribution in [-0.2, 0) is 6.42 Å². The fraction of sp³-hybridized carbons (Fsp3) is 0.579. The number of phenols is 1. The van der Waals surface area contributed by atoms with Gasteiger partial charge in [-0.2, -0.15) is 0 Å². The van der Waals surface area contributed by atoms with Crippen LogP contribution in [0.5, 0.6) is 11.5 Å². The van der Waals surface area contributed by atoms with E-state index in [0.717, 1.165) is 43.4 Å². The Balaban J connectivity index is 2.09. The average Bonchev–Trinajstić information content (AvgIpc) is 2.37. The minimum absolute atomic E-state index is 0.0824. The first-order valence-corrected chi connectivity index (χ1v) is 8.14. The number of hydrogen-bond donors (Lipinski definition) is 1. The van der Waals surface area contributed by atoms with E-state index in [-0.39, 0.29) is 5.60 Å². The topological polar surface area (TPSA) is 29.5 Å². The third-order valence-electron chi connectivity index (χ3n) is 5.20. The highest BCUT2D eigenvalue weighted by Crippen LogP contribution is 2.55. The van der Waals surface area contributed by atoms with Crippen LogP contribution in [0.1, 0.15) is 63.5 Å². The van der Waals surface area contributed by atoms with Gasteiger partial charge in [0.15, 0.2) is 0 Å². The lowest BCUT2D eigenvalue weighted by atomic mass is 9.65. The summed E-state index contributed by atoms with van der Waals surface area (Å²) in [5.41, 5.74) is 3.33. The molecule has 1 heterocycles. The van der Waals surface area contributed by atoms with Crippen molar-refractivity contribution in [3.63, 3.8) is 0 Å². The van der Waals surface area contributed by atoms with Gasteiger partial charge in [-0.15, -0.1) is 0 Å². The molecule has 1 aromatic rings. The fourth-order valence-corrected chi connectivity index (χ4v) is 4.18. The summed E-state index contributed by atoms with van der Waals surface area (Å²) in [6.45, 7) is 10.7. The lowest BCUT2D eigenvalue weighted by Gasteiger charge is -2.48. The second kappa shape index (κ2) is 5.08. The molecule has 1 aromatic carbocycles. The van der Waals surface area contributed by atoms with Crippen molar-refractivity contribution in [2.24, 2.45) is 5.92 Å². The molecule has 0 spiro atoms. The first-order valence-electron chi connectivity index (χ1n) is 8.14. The van der Waals surface area contributed by atoms with Crippen molar-refractivity contribution in [1.29, 1.82) is 0 Å². The van der Waals surface area contributed by atoms with Gasteiger partial charge in [0.1, 0.15) is 17.1 Å². The fourth-order valence-electron chi connectivity index (χ4n) is 4.18. The summed E-state index contributed by atoms with van der Waals surface area (Å²) in [6, 6.07) is 4.07. The van der Waals surface area contributed by atoms with E-state index in [1.165, 1.54) is 11.1 Å². The summed E-state index contributed by atoms with van der Waals surface area (Å²) in [7, 11) is 0. The molecule has 2 bridgehead atoms. The van der Waals surface area contributed by atoms with E-state index in [1.54, 1.807) is 0 Å². The van der Waals surface area contributed by atoms with Crippen LogP contribution in [0.2, 0.25) is 0 Å². The molecule has 0 aromatic heterocycles. The molecule has 2 aliphatic rings. The van der Waals surface area contributed by atoms with E-state index in [2.05, 4.69) is 33.4 Å². The monoisotopic (exact) mass is 286 g/mol. The van der Waals surface area contributed by atoms with Crippen LogP contribution < -0.4 is 4.74 Å². The normalized spacial score (nSPS) is 30.4. The van der Waals surface area contributed by atoms with E-state index in [0.29, 0.717) is 17.6 Å². The van der Waals surface area contributed by atoms with Crippen molar-refractivity contribution in [1.82, 2.24) is 0 Å². The standard InChI is InChI=1S/C19H26O2/c1-5-6-13-9-16(20)18-15-11-19(4,21-17(18)10-13)8-7-14(15)12(2)3/h9-10,14-15,20H,2,5-8,11H2,1,3-4H3. The number of allylic oxidation sites excluding steroid dienone is 1. The lowest BCUT2D eigenvalue weighted by Crippen LogP contribution is -2.44. The second-order valence-corrected chi connectivity index (χ2v) is 7.13. The highest BCUT2D eigenvalue weighted by Gasteiger charge is 2.46. The molecule has 0 amide bonds. The lowest BCUT2D eigenvalue weighted by molar-refractivity contribution is 0.00630. The van der Waals surface area contributed by atoms with Crippen molar-refractivity contribution >= 4 is 0 Å². The molecule has 3 atom stereocenters. The molecule has 1 fully saturated rings. The second-order valence-electron chi connectivity index (χ2n) is 7.13. The molecular weight excluding hydrogens is 260 g/mol. The van der Waals surface area contributed by atoms with Crippen molar-refractivity contribution in [2.75, 3.05) is 0 Å². The maximum absolute atomic E-state index is 10.5. The minimum Gasteiger partial charge on any atom is -0.508 e. The molecule has 2 nitrogen and oxygen atoms in total. The van der Waals surface area contributed by atoms with Crippen molar-refractivity contribution in [3.05, 3.63) is 35.4 Å². The van der Waals surface area contributed by atoms with Gasteiger partial charge < -0.3 is 9.84 Å². The summed E-state index contributed by atoms with van der Waals surface area (Å²) in [6.07, 6.45) is 5.21. The van der Waals surface area contributed by atoms with Crippen LogP contribution in [0.25, 0.3) is 0 Å². The van der Waals surface area contributed by atoms with Crippen molar-refractivity contribution in [3.8, 4) is 11.5 Å². The van der Waals surface area contributed by atoms with E-state index in [9.17, 15) is 5.11 Å². The van der Waals surface area contributed by atoms with Gasteiger partial charge >= 0.3 is 0 Å². The average molecular weight is 286 g/mol. The molecule has 2 heteroatoms. The molecule has 1 N–H and O–H groups in total. The van der Waals surface area contributed by atoms with Gasteiger partial charge in [-0.05, 0) is 63.1 Å². The SMILES string of the molecule is C=C(C)C1CCC2(C)CC1c1c(O)cc(CCC)cc1O2. The van der Waals surface area contributed by atoms with Crippen LogP contribution in [0.15, 0.2) is 24.3 Å². The van der Waals surface area contributed by atoms with Crippen molar-refractivity contribution < 1.29 is 9.84 Å². The molecule has 1 aliphatic heterocycles. The Morgan fingerprint density at radius 3 is 2.90 bits per heavy atom. The number of benzene rings is 1. The van der Waals surface area contributed by atoms with Gasteiger partial charge in [-0.1, -0.05) is 25.5 Å². The maximum atomic E-state index is 10.5. The Hall–Kier alpha value is -1.44. The van der Waals surface area contributed by atoms with Crippen LogP contribution in [0, 0.1) is 5.92 Å². The van der Waals surface area contributed by atoms with E-state index < -0.39 is 0 Å². The number of rotatable bonds is 3. The highest BCUT2D eigenvalue weighted by atomic mass is 16.5. The van der Waals surface area contributed by atoms with E-state index in [4.69, 9.17) is 4.74 Å². The van der Waals surface area contributed by atoms with Gasteiger partial charge in [0.25, 0.3) is 0 Å². The number of hydrogen-bond acceptors (Lipinski definition) is 2. The largest absolute Gasteiger partial charge is 0.508 e. The first-order chi connectivity index (χ1) is 9.93. The zero-order valence-electron chi connectivity index (χ0n) is 13.4. The Morgan fingerprint density at radius 2 is 2.24 bits per heavy atom. The minimum atomic E-state index is -0.0824. The molecule has 114 valence electrons. The Labute approximate surface area is 127 Å². The van der Waals surface area contributed by atoms with Gasteiger partial charge in [0.05, 0.1) is 0 Å². The van der Waals surface area contributed by atoms with E-state index in [1.807, 2.05) is 6.07 Å². The predicted molar refractivity (Wildman–Crippen MR) is 86.0 cm³/mol. The Bertz CT molecular complexity index is 575. The highest BCUT2D eigenvalue weighted by molar-refractivity contribution is 5.52. The van der Waals surface area contributed by atoms with Crippen LogP contribution in [0.3, 0.4) is 0 Å². The number of aryl methyl sites for hydroxylation is 1.